The number of carbonyl (C=O) groups excluding carboxylic acids is 1. The maximum absolute atomic E-state index is 12.4. The Bertz CT molecular complexity index is 684. The van der Waals surface area contributed by atoms with Crippen molar-refractivity contribution in [1.82, 2.24) is 0 Å². The highest BCUT2D eigenvalue weighted by molar-refractivity contribution is 6.05. The highest BCUT2D eigenvalue weighted by Gasteiger charge is 2.10. The van der Waals surface area contributed by atoms with E-state index in [1.54, 1.807) is 12.1 Å². The van der Waals surface area contributed by atoms with E-state index < -0.39 is 0 Å². The first-order valence-corrected chi connectivity index (χ1v) is 7.22. The van der Waals surface area contributed by atoms with Gasteiger partial charge in [0.15, 0.2) is 0 Å². The van der Waals surface area contributed by atoms with Crippen LogP contribution in [0.15, 0.2) is 54.6 Å². The SMILES string of the molecule is C=C(C)COc1cccc(C(=O)Nc2c(C)cccc2C)c1. The Kier molecular flexibility index (Phi) is 4.99. The molecule has 0 saturated heterocycles. The zero-order valence-electron chi connectivity index (χ0n) is 13.3. The van der Waals surface area contributed by atoms with Crippen molar-refractivity contribution in [3.8, 4) is 5.75 Å². The zero-order chi connectivity index (χ0) is 16.1. The Morgan fingerprint density at radius 2 is 1.77 bits per heavy atom. The summed E-state index contributed by atoms with van der Waals surface area (Å²) in [7, 11) is 0. The number of aryl methyl sites for hydroxylation is 2. The van der Waals surface area contributed by atoms with E-state index >= 15 is 0 Å². The van der Waals surface area contributed by atoms with Gasteiger partial charge in [-0.25, -0.2) is 0 Å². The minimum Gasteiger partial charge on any atom is -0.489 e. The highest BCUT2D eigenvalue weighted by atomic mass is 16.5. The van der Waals surface area contributed by atoms with Crippen molar-refractivity contribution in [2.75, 3.05) is 11.9 Å². The van der Waals surface area contributed by atoms with E-state index in [2.05, 4.69) is 11.9 Å². The number of anilines is 1. The second kappa shape index (κ2) is 6.94. The summed E-state index contributed by atoms with van der Waals surface area (Å²) >= 11 is 0. The van der Waals surface area contributed by atoms with Crippen LogP contribution in [0, 0.1) is 13.8 Å². The fourth-order valence-corrected chi connectivity index (χ4v) is 2.13. The topological polar surface area (TPSA) is 38.3 Å². The Hall–Kier alpha value is -2.55. The van der Waals surface area contributed by atoms with Crippen LogP contribution in [0.5, 0.6) is 5.75 Å². The number of rotatable bonds is 5. The summed E-state index contributed by atoms with van der Waals surface area (Å²) in [6, 6.07) is 13.1. The third-order valence-corrected chi connectivity index (χ3v) is 3.30. The number of ether oxygens (including phenoxy) is 1. The van der Waals surface area contributed by atoms with E-state index in [9.17, 15) is 4.79 Å². The van der Waals surface area contributed by atoms with Crippen molar-refractivity contribution >= 4 is 11.6 Å². The van der Waals surface area contributed by atoms with Crippen LogP contribution in [0.3, 0.4) is 0 Å². The molecule has 3 nitrogen and oxygen atoms in total. The lowest BCUT2D eigenvalue weighted by atomic mass is 10.1. The molecule has 0 unspecified atom stereocenters. The monoisotopic (exact) mass is 295 g/mol. The quantitative estimate of drug-likeness (QED) is 0.824. The lowest BCUT2D eigenvalue weighted by Gasteiger charge is -2.12. The summed E-state index contributed by atoms with van der Waals surface area (Å²) in [4.78, 5) is 12.4. The van der Waals surface area contributed by atoms with Gasteiger partial charge in [-0.1, -0.05) is 30.8 Å². The molecule has 3 heteroatoms. The maximum atomic E-state index is 12.4. The van der Waals surface area contributed by atoms with Crippen LogP contribution in [0.25, 0.3) is 0 Å². The van der Waals surface area contributed by atoms with E-state index in [4.69, 9.17) is 4.74 Å². The third-order valence-electron chi connectivity index (χ3n) is 3.30. The third kappa shape index (κ3) is 3.98. The van der Waals surface area contributed by atoms with Crippen LogP contribution in [0.2, 0.25) is 0 Å². The van der Waals surface area contributed by atoms with Crippen molar-refractivity contribution in [3.63, 3.8) is 0 Å². The number of hydrogen-bond donors (Lipinski definition) is 1. The van der Waals surface area contributed by atoms with Gasteiger partial charge in [-0.05, 0) is 55.7 Å². The minimum atomic E-state index is -0.141. The molecule has 0 heterocycles. The molecule has 2 aromatic carbocycles. The number of para-hydroxylation sites is 1. The van der Waals surface area contributed by atoms with Gasteiger partial charge in [0.25, 0.3) is 5.91 Å². The van der Waals surface area contributed by atoms with E-state index in [1.807, 2.05) is 51.1 Å². The molecule has 0 atom stereocenters. The first kappa shape index (κ1) is 15.8. The van der Waals surface area contributed by atoms with Gasteiger partial charge in [-0.15, -0.1) is 0 Å². The lowest BCUT2D eigenvalue weighted by molar-refractivity contribution is 0.102. The average molecular weight is 295 g/mol. The van der Waals surface area contributed by atoms with Gasteiger partial charge in [0.1, 0.15) is 12.4 Å². The fraction of sp³-hybridized carbons (Fsp3) is 0.211. The van der Waals surface area contributed by atoms with Crippen molar-refractivity contribution in [1.29, 1.82) is 0 Å². The van der Waals surface area contributed by atoms with Crippen LogP contribution in [-0.2, 0) is 0 Å². The summed E-state index contributed by atoms with van der Waals surface area (Å²) in [6.45, 7) is 10.1. The summed E-state index contributed by atoms with van der Waals surface area (Å²) in [5, 5.41) is 2.97. The van der Waals surface area contributed by atoms with Gasteiger partial charge >= 0.3 is 0 Å². The number of carbonyl (C=O) groups is 1. The number of hydrogen-bond acceptors (Lipinski definition) is 2. The molecule has 0 bridgehead atoms. The Balaban J connectivity index is 2.16. The van der Waals surface area contributed by atoms with Gasteiger partial charge < -0.3 is 10.1 Å². The molecule has 0 radical (unpaired) electrons. The molecular formula is C19H21NO2. The average Bonchev–Trinajstić information content (AvgIpc) is 2.49. The Labute approximate surface area is 131 Å². The smallest absolute Gasteiger partial charge is 0.255 e. The standard InChI is InChI=1S/C19H21NO2/c1-13(2)12-22-17-10-6-9-16(11-17)19(21)20-18-14(3)7-5-8-15(18)4/h5-11H,1,12H2,2-4H3,(H,20,21). The van der Waals surface area contributed by atoms with Crippen LogP contribution in [0.4, 0.5) is 5.69 Å². The summed E-state index contributed by atoms with van der Waals surface area (Å²) < 4.78 is 5.58. The van der Waals surface area contributed by atoms with Crippen LogP contribution >= 0.6 is 0 Å². The molecule has 0 aliphatic heterocycles. The van der Waals surface area contributed by atoms with Crippen molar-refractivity contribution in [2.45, 2.75) is 20.8 Å². The van der Waals surface area contributed by atoms with Crippen LogP contribution < -0.4 is 10.1 Å². The number of nitrogens with one attached hydrogen (secondary N) is 1. The first-order valence-electron chi connectivity index (χ1n) is 7.22. The molecule has 0 aliphatic rings. The fourth-order valence-electron chi connectivity index (χ4n) is 2.13. The van der Waals surface area contributed by atoms with Crippen molar-refractivity contribution < 1.29 is 9.53 Å². The first-order chi connectivity index (χ1) is 10.5. The van der Waals surface area contributed by atoms with Crippen LogP contribution in [-0.4, -0.2) is 12.5 Å². The summed E-state index contributed by atoms with van der Waals surface area (Å²) in [5.74, 6) is 0.523. The minimum absolute atomic E-state index is 0.141. The molecule has 0 aliphatic carbocycles. The van der Waals surface area contributed by atoms with Crippen LogP contribution in [0.1, 0.15) is 28.4 Å². The lowest BCUT2D eigenvalue weighted by Crippen LogP contribution is -2.14. The van der Waals surface area contributed by atoms with E-state index in [0.29, 0.717) is 17.9 Å². The molecular weight excluding hydrogens is 274 g/mol. The highest BCUT2D eigenvalue weighted by Crippen LogP contribution is 2.21. The van der Waals surface area contributed by atoms with Gasteiger partial charge in [0, 0.05) is 11.3 Å². The van der Waals surface area contributed by atoms with Gasteiger partial charge in [0.05, 0.1) is 0 Å². The summed E-state index contributed by atoms with van der Waals surface area (Å²) in [5.41, 5.74) is 4.46. The second-order valence-corrected chi connectivity index (χ2v) is 5.49. The molecule has 1 amide bonds. The molecule has 22 heavy (non-hydrogen) atoms. The molecule has 2 aromatic rings. The van der Waals surface area contributed by atoms with Gasteiger partial charge in [-0.2, -0.15) is 0 Å². The molecule has 2 rings (SSSR count). The van der Waals surface area contributed by atoms with Crippen molar-refractivity contribution in [3.05, 3.63) is 71.3 Å². The predicted molar refractivity (Wildman–Crippen MR) is 90.6 cm³/mol. The van der Waals surface area contributed by atoms with E-state index in [0.717, 1.165) is 22.4 Å². The Morgan fingerprint density at radius 3 is 2.41 bits per heavy atom. The number of benzene rings is 2. The largest absolute Gasteiger partial charge is 0.489 e. The molecule has 0 aromatic heterocycles. The maximum Gasteiger partial charge on any atom is 0.255 e. The Morgan fingerprint density at radius 1 is 1.14 bits per heavy atom. The van der Waals surface area contributed by atoms with E-state index in [1.165, 1.54) is 0 Å². The molecule has 0 fully saturated rings. The molecule has 0 saturated carbocycles. The van der Waals surface area contributed by atoms with Crippen molar-refractivity contribution in [2.24, 2.45) is 0 Å². The van der Waals surface area contributed by atoms with Gasteiger partial charge in [0.2, 0.25) is 0 Å². The molecule has 0 spiro atoms. The predicted octanol–water partition coefficient (Wildman–Crippen LogP) is 4.51. The van der Waals surface area contributed by atoms with E-state index in [-0.39, 0.29) is 5.91 Å². The van der Waals surface area contributed by atoms with Gasteiger partial charge in [-0.3, -0.25) is 4.79 Å². The molecule has 114 valence electrons. The number of amides is 1. The zero-order valence-corrected chi connectivity index (χ0v) is 13.3. The normalized spacial score (nSPS) is 10.1. The summed E-state index contributed by atoms with van der Waals surface area (Å²) in [6.07, 6.45) is 0. The second-order valence-electron chi connectivity index (χ2n) is 5.49. The molecule has 1 N–H and O–H groups in total.